The Labute approximate surface area is 149 Å². The first-order chi connectivity index (χ1) is 12.3. The van der Waals surface area contributed by atoms with Crippen LogP contribution in [0.2, 0.25) is 0 Å². The van der Waals surface area contributed by atoms with Crippen molar-refractivity contribution in [3.63, 3.8) is 0 Å². The van der Waals surface area contributed by atoms with Gasteiger partial charge in [0.15, 0.2) is 0 Å². The van der Waals surface area contributed by atoms with E-state index in [0.29, 0.717) is 6.04 Å². The molecule has 6 nitrogen and oxygen atoms in total. The van der Waals surface area contributed by atoms with Gasteiger partial charge < -0.3 is 10.6 Å². The van der Waals surface area contributed by atoms with Crippen molar-refractivity contribution in [2.45, 2.75) is 44.7 Å². The molecule has 0 bridgehead atoms. The number of aryl methyl sites for hydroxylation is 1. The number of rotatable bonds is 5. The molecule has 132 valence electrons. The molecule has 0 aromatic carbocycles. The Morgan fingerprint density at radius 3 is 3.00 bits per heavy atom. The topological polar surface area (TPSA) is 66.0 Å². The SMILES string of the molecule is CNc1nc(NC2CCCN(Cc3ccccn3)C2)nc2c1CCC2. The minimum atomic E-state index is 0.390. The van der Waals surface area contributed by atoms with Crippen molar-refractivity contribution in [2.75, 3.05) is 30.8 Å². The zero-order valence-corrected chi connectivity index (χ0v) is 14.8. The number of aromatic nitrogens is 3. The summed E-state index contributed by atoms with van der Waals surface area (Å²) in [5.74, 6) is 1.76. The molecule has 1 atom stereocenters. The van der Waals surface area contributed by atoms with Crippen molar-refractivity contribution < 1.29 is 0 Å². The van der Waals surface area contributed by atoms with Gasteiger partial charge in [-0.3, -0.25) is 9.88 Å². The van der Waals surface area contributed by atoms with Crippen LogP contribution in [0.4, 0.5) is 11.8 Å². The van der Waals surface area contributed by atoms with Gasteiger partial charge in [-0.1, -0.05) is 6.07 Å². The number of anilines is 2. The zero-order chi connectivity index (χ0) is 17.1. The van der Waals surface area contributed by atoms with E-state index in [9.17, 15) is 0 Å². The van der Waals surface area contributed by atoms with Gasteiger partial charge in [0, 0.05) is 37.9 Å². The Bertz CT molecular complexity index is 717. The van der Waals surface area contributed by atoms with Crippen LogP contribution in [0.1, 0.15) is 36.2 Å². The summed E-state index contributed by atoms with van der Waals surface area (Å²) >= 11 is 0. The summed E-state index contributed by atoms with van der Waals surface area (Å²) in [6.45, 7) is 3.04. The molecule has 3 heterocycles. The van der Waals surface area contributed by atoms with Crippen molar-refractivity contribution in [3.8, 4) is 0 Å². The summed E-state index contributed by atoms with van der Waals surface area (Å²) in [6.07, 6.45) is 7.56. The molecule has 4 rings (SSSR count). The van der Waals surface area contributed by atoms with E-state index in [1.165, 1.54) is 24.1 Å². The van der Waals surface area contributed by atoms with Gasteiger partial charge in [0.25, 0.3) is 0 Å². The first-order valence-electron chi connectivity index (χ1n) is 9.28. The van der Waals surface area contributed by atoms with Gasteiger partial charge in [-0.05, 0) is 50.8 Å². The number of piperidine rings is 1. The number of nitrogens with zero attached hydrogens (tertiary/aromatic N) is 4. The lowest BCUT2D eigenvalue weighted by Gasteiger charge is -2.33. The lowest BCUT2D eigenvalue weighted by Crippen LogP contribution is -2.42. The number of fused-ring (bicyclic) bond motifs is 1. The van der Waals surface area contributed by atoms with Crippen LogP contribution >= 0.6 is 0 Å². The number of likely N-dealkylation sites (tertiary alicyclic amines) is 1. The maximum atomic E-state index is 4.77. The lowest BCUT2D eigenvalue weighted by molar-refractivity contribution is 0.206. The van der Waals surface area contributed by atoms with Crippen LogP contribution in [0.5, 0.6) is 0 Å². The molecule has 2 aliphatic rings. The third-order valence-electron chi connectivity index (χ3n) is 5.12. The largest absolute Gasteiger partial charge is 0.373 e. The normalized spacial score (nSPS) is 20.3. The smallest absolute Gasteiger partial charge is 0.225 e. The molecular weight excluding hydrogens is 312 g/mol. The minimum Gasteiger partial charge on any atom is -0.373 e. The Morgan fingerprint density at radius 1 is 1.20 bits per heavy atom. The molecule has 1 fully saturated rings. The number of pyridine rings is 1. The van der Waals surface area contributed by atoms with Gasteiger partial charge in [0.05, 0.1) is 11.4 Å². The summed E-state index contributed by atoms with van der Waals surface area (Å²) < 4.78 is 0. The van der Waals surface area contributed by atoms with Crippen molar-refractivity contribution in [2.24, 2.45) is 0 Å². The molecule has 2 N–H and O–H groups in total. The summed E-state index contributed by atoms with van der Waals surface area (Å²) in [4.78, 5) is 16.4. The van der Waals surface area contributed by atoms with Gasteiger partial charge in [0.2, 0.25) is 5.95 Å². The molecular formula is C19H26N6. The fourth-order valence-electron chi connectivity index (χ4n) is 3.92. The van der Waals surface area contributed by atoms with Crippen LogP contribution < -0.4 is 10.6 Å². The van der Waals surface area contributed by atoms with E-state index >= 15 is 0 Å². The quantitative estimate of drug-likeness (QED) is 0.873. The molecule has 1 aliphatic heterocycles. The third-order valence-corrected chi connectivity index (χ3v) is 5.12. The van der Waals surface area contributed by atoms with E-state index in [0.717, 1.165) is 56.4 Å². The molecule has 1 saturated heterocycles. The van der Waals surface area contributed by atoms with E-state index in [1.54, 1.807) is 0 Å². The highest BCUT2D eigenvalue weighted by Crippen LogP contribution is 2.27. The minimum absolute atomic E-state index is 0.390. The second-order valence-electron chi connectivity index (χ2n) is 6.96. The molecule has 0 radical (unpaired) electrons. The molecule has 1 aliphatic carbocycles. The van der Waals surface area contributed by atoms with Gasteiger partial charge in [-0.25, -0.2) is 4.98 Å². The zero-order valence-electron chi connectivity index (χ0n) is 14.8. The van der Waals surface area contributed by atoms with E-state index in [1.807, 2.05) is 19.3 Å². The maximum absolute atomic E-state index is 4.77. The average molecular weight is 338 g/mol. The van der Waals surface area contributed by atoms with E-state index in [-0.39, 0.29) is 0 Å². The highest BCUT2D eigenvalue weighted by molar-refractivity contribution is 5.52. The monoisotopic (exact) mass is 338 g/mol. The predicted octanol–water partition coefficient (Wildman–Crippen LogP) is 2.48. The highest BCUT2D eigenvalue weighted by Gasteiger charge is 2.23. The molecule has 6 heteroatoms. The highest BCUT2D eigenvalue weighted by atomic mass is 15.2. The van der Waals surface area contributed by atoms with Gasteiger partial charge >= 0.3 is 0 Å². The molecule has 25 heavy (non-hydrogen) atoms. The van der Waals surface area contributed by atoms with Crippen molar-refractivity contribution in [1.29, 1.82) is 0 Å². The Kier molecular flexibility index (Phi) is 4.78. The first kappa shape index (κ1) is 16.3. The Balaban J connectivity index is 1.42. The standard InChI is InChI=1S/C19H26N6/c1-20-18-16-8-4-9-17(16)23-19(24-18)22-15-7-5-11-25(13-15)12-14-6-2-3-10-21-14/h2-3,6,10,15H,4-5,7-9,11-13H2,1H3,(H2,20,22,23,24). The second kappa shape index (κ2) is 7.35. The number of nitrogens with one attached hydrogen (secondary N) is 2. The van der Waals surface area contributed by atoms with Crippen LogP contribution in [0, 0.1) is 0 Å². The number of hydrogen-bond donors (Lipinski definition) is 2. The summed E-state index contributed by atoms with van der Waals surface area (Å²) in [6, 6.07) is 6.51. The van der Waals surface area contributed by atoms with Gasteiger partial charge in [-0.2, -0.15) is 4.98 Å². The molecule has 2 aromatic rings. The van der Waals surface area contributed by atoms with Crippen LogP contribution in [-0.2, 0) is 19.4 Å². The van der Waals surface area contributed by atoms with Crippen molar-refractivity contribution in [3.05, 3.63) is 41.3 Å². The molecule has 0 amide bonds. The predicted molar refractivity (Wildman–Crippen MR) is 99.8 cm³/mol. The van der Waals surface area contributed by atoms with E-state index in [2.05, 4.69) is 32.7 Å². The summed E-state index contributed by atoms with van der Waals surface area (Å²) in [7, 11) is 1.94. The second-order valence-corrected chi connectivity index (χ2v) is 6.96. The average Bonchev–Trinajstić information content (AvgIpc) is 3.11. The summed E-state index contributed by atoms with van der Waals surface area (Å²) in [5.41, 5.74) is 3.64. The Morgan fingerprint density at radius 2 is 2.16 bits per heavy atom. The maximum Gasteiger partial charge on any atom is 0.225 e. The van der Waals surface area contributed by atoms with E-state index < -0.39 is 0 Å². The van der Waals surface area contributed by atoms with Gasteiger partial charge in [0.1, 0.15) is 5.82 Å². The van der Waals surface area contributed by atoms with Crippen LogP contribution in [-0.4, -0.2) is 46.0 Å². The van der Waals surface area contributed by atoms with Crippen LogP contribution in [0.3, 0.4) is 0 Å². The fraction of sp³-hybridized carbons (Fsp3) is 0.526. The van der Waals surface area contributed by atoms with E-state index in [4.69, 9.17) is 9.97 Å². The first-order valence-corrected chi connectivity index (χ1v) is 9.28. The van der Waals surface area contributed by atoms with Gasteiger partial charge in [-0.15, -0.1) is 0 Å². The lowest BCUT2D eigenvalue weighted by atomic mass is 10.1. The summed E-state index contributed by atoms with van der Waals surface area (Å²) in [5, 5.41) is 6.81. The molecule has 1 unspecified atom stereocenters. The number of hydrogen-bond acceptors (Lipinski definition) is 6. The van der Waals surface area contributed by atoms with Crippen molar-refractivity contribution in [1.82, 2.24) is 19.9 Å². The molecule has 0 spiro atoms. The Hall–Kier alpha value is -2.21. The van der Waals surface area contributed by atoms with Crippen LogP contribution in [0.15, 0.2) is 24.4 Å². The molecule has 0 saturated carbocycles. The fourth-order valence-corrected chi connectivity index (χ4v) is 3.92. The van der Waals surface area contributed by atoms with Crippen molar-refractivity contribution >= 4 is 11.8 Å². The molecule has 2 aromatic heterocycles. The van der Waals surface area contributed by atoms with Crippen LogP contribution in [0.25, 0.3) is 0 Å². The third kappa shape index (κ3) is 3.74.